The van der Waals surface area contributed by atoms with Crippen molar-refractivity contribution in [2.75, 3.05) is 12.0 Å². The molecule has 0 aliphatic carbocycles. The van der Waals surface area contributed by atoms with Crippen LogP contribution in [0.3, 0.4) is 0 Å². The SMILES string of the molecule is CCCC[C@H](CC)CNC(=S)Nn1cnnc1SCc1ccc(Cl)cc1. The number of thiocarbonyl (C=S) groups is 1. The predicted molar refractivity (Wildman–Crippen MR) is 114 cm³/mol. The van der Waals surface area contributed by atoms with Gasteiger partial charge in [-0.15, -0.1) is 10.2 Å². The van der Waals surface area contributed by atoms with Crippen molar-refractivity contribution in [3.63, 3.8) is 0 Å². The van der Waals surface area contributed by atoms with Gasteiger partial charge in [0, 0.05) is 17.3 Å². The second kappa shape index (κ2) is 11.4. The Morgan fingerprint density at radius 1 is 1.31 bits per heavy atom. The molecule has 142 valence electrons. The highest BCUT2D eigenvalue weighted by atomic mass is 35.5. The third-order valence-electron chi connectivity index (χ3n) is 4.11. The van der Waals surface area contributed by atoms with Crippen molar-refractivity contribution >= 4 is 40.7 Å². The normalized spacial score (nSPS) is 12.0. The smallest absolute Gasteiger partial charge is 0.210 e. The zero-order valence-corrected chi connectivity index (χ0v) is 17.6. The van der Waals surface area contributed by atoms with E-state index >= 15 is 0 Å². The van der Waals surface area contributed by atoms with Gasteiger partial charge in [0.15, 0.2) is 5.11 Å². The number of halogens is 1. The molecule has 0 saturated heterocycles. The first-order chi connectivity index (χ1) is 12.6. The summed E-state index contributed by atoms with van der Waals surface area (Å²) in [5, 5.41) is 13.5. The molecule has 2 aromatic rings. The molecule has 0 bridgehead atoms. The van der Waals surface area contributed by atoms with Gasteiger partial charge in [-0.2, -0.15) is 0 Å². The second-order valence-corrected chi connectivity index (χ2v) is 7.92. The molecule has 1 heterocycles. The Hall–Kier alpha value is -1.31. The van der Waals surface area contributed by atoms with Gasteiger partial charge in [0.2, 0.25) is 5.16 Å². The Kier molecular flexibility index (Phi) is 9.22. The first-order valence-corrected chi connectivity index (χ1v) is 10.7. The van der Waals surface area contributed by atoms with E-state index in [1.54, 1.807) is 22.8 Å². The molecule has 0 aliphatic heterocycles. The quantitative estimate of drug-likeness (QED) is 0.430. The average molecular weight is 412 g/mol. The summed E-state index contributed by atoms with van der Waals surface area (Å²) in [7, 11) is 0. The minimum absolute atomic E-state index is 0.591. The zero-order chi connectivity index (χ0) is 18.8. The maximum Gasteiger partial charge on any atom is 0.210 e. The topological polar surface area (TPSA) is 54.8 Å². The Morgan fingerprint density at radius 3 is 2.77 bits per heavy atom. The van der Waals surface area contributed by atoms with Crippen molar-refractivity contribution < 1.29 is 0 Å². The molecule has 0 saturated carbocycles. The highest BCUT2D eigenvalue weighted by Gasteiger charge is 2.09. The Morgan fingerprint density at radius 2 is 2.08 bits per heavy atom. The first kappa shape index (κ1) is 21.0. The van der Waals surface area contributed by atoms with Gasteiger partial charge in [0.25, 0.3) is 0 Å². The van der Waals surface area contributed by atoms with Gasteiger partial charge in [-0.3, -0.25) is 5.43 Å². The molecule has 1 atom stereocenters. The number of hydrogen-bond acceptors (Lipinski definition) is 4. The summed E-state index contributed by atoms with van der Waals surface area (Å²) >= 11 is 12.9. The van der Waals surface area contributed by atoms with Gasteiger partial charge in [-0.05, 0) is 42.3 Å². The molecular weight excluding hydrogens is 386 g/mol. The van der Waals surface area contributed by atoms with Crippen molar-refractivity contribution in [3.8, 4) is 0 Å². The lowest BCUT2D eigenvalue weighted by Crippen LogP contribution is -2.36. The summed E-state index contributed by atoms with van der Waals surface area (Å²) in [6, 6.07) is 7.80. The van der Waals surface area contributed by atoms with Crippen LogP contribution in [0.2, 0.25) is 5.02 Å². The second-order valence-electron chi connectivity index (χ2n) is 6.14. The van der Waals surface area contributed by atoms with Crippen LogP contribution < -0.4 is 10.7 Å². The van der Waals surface area contributed by atoms with Crippen LogP contribution in [0.4, 0.5) is 0 Å². The van der Waals surface area contributed by atoms with E-state index in [0.29, 0.717) is 11.0 Å². The number of thioether (sulfide) groups is 1. The van der Waals surface area contributed by atoms with Crippen LogP contribution in [-0.4, -0.2) is 26.5 Å². The number of benzene rings is 1. The third-order valence-corrected chi connectivity index (χ3v) is 5.62. The standard InChI is InChI=1S/C18H26ClN5S2/c1-3-5-6-14(4-2)11-20-17(25)23-24-13-21-22-18(24)26-12-15-7-9-16(19)10-8-15/h7-10,13-14H,3-6,11-12H2,1-2H3,(H2,20,23,25)/t14-/m0/s1. The van der Waals surface area contributed by atoms with Gasteiger partial charge in [-0.25, -0.2) is 4.68 Å². The number of hydrogen-bond donors (Lipinski definition) is 2. The van der Waals surface area contributed by atoms with Crippen molar-refractivity contribution in [2.24, 2.45) is 5.92 Å². The van der Waals surface area contributed by atoms with E-state index in [1.165, 1.54) is 24.8 Å². The average Bonchev–Trinajstić information content (AvgIpc) is 3.08. The lowest BCUT2D eigenvalue weighted by molar-refractivity contribution is 0.446. The number of nitrogens with one attached hydrogen (secondary N) is 2. The van der Waals surface area contributed by atoms with Crippen LogP contribution in [0.15, 0.2) is 35.7 Å². The highest BCUT2D eigenvalue weighted by molar-refractivity contribution is 7.98. The summed E-state index contributed by atoms with van der Waals surface area (Å²) < 4.78 is 1.75. The van der Waals surface area contributed by atoms with E-state index in [9.17, 15) is 0 Å². The third kappa shape index (κ3) is 7.13. The van der Waals surface area contributed by atoms with E-state index in [2.05, 4.69) is 34.8 Å². The van der Waals surface area contributed by atoms with Crippen molar-refractivity contribution in [1.82, 2.24) is 20.2 Å². The van der Waals surface area contributed by atoms with Gasteiger partial charge in [-0.1, -0.05) is 68.6 Å². The van der Waals surface area contributed by atoms with Crippen molar-refractivity contribution in [1.29, 1.82) is 0 Å². The zero-order valence-electron chi connectivity index (χ0n) is 15.2. The molecule has 8 heteroatoms. The molecule has 0 radical (unpaired) electrons. The summed E-state index contributed by atoms with van der Waals surface area (Å²) in [5.74, 6) is 1.43. The van der Waals surface area contributed by atoms with E-state index in [-0.39, 0.29) is 0 Å². The van der Waals surface area contributed by atoms with Gasteiger partial charge >= 0.3 is 0 Å². The van der Waals surface area contributed by atoms with E-state index < -0.39 is 0 Å². The van der Waals surface area contributed by atoms with Gasteiger partial charge in [0.05, 0.1) is 0 Å². The Balaban J connectivity index is 1.81. The van der Waals surface area contributed by atoms with E-state index in [4.69, 9.17) is 23.8 Å². The van der Waals surface area contributed by atoms with Crippen LogP contribution in [0.25, 0.3) is 0 Å². The van der Waals surface area contributed by atoms with E-state index in [0.717, 1.165) is 28.9 Å². The first-order valence-electron chi connectivity index (χ1n) is 8.94. The molecule has 0 fully saturated rings. The molecule has 5 nitrogen and oxygen atoms in total. The lowest BCUT2D eigenvalue weighted by Gasteiger charge is -2.17. The molecule has 1 aromatic carbocycles. The molecule has 2 N–H and O–H groups in total. The summed E-state index contributed by atoms with van der Waals surface area (Å²) in [5.41, 5.74) is 4.32. The molecule has 2 rings (SSSR count). The van der Waals surface area contributed by atoms with Crippen LogP contribution in [0, 0.1) is 5.92 Å². The lowest BCUT2D eigenvalue weighted by atomic mass is 9.99. The largest absolute Gasteiger partial charge is 0.361 e. The fourth-order valence-corrected chi connectivity index (χ4v) is 3.59. The Bertz CT molecular complexity index is 674. The van der Waals surface area contributed by atoms with Gasteiger partial charge < -0.3 is 5.32 Å². The molecule has 0 unspecified atom stereocenters. The van der Waals surface area contributed by atoms with Gasteiger partial charge in [0.1, 0.15) is 6.33 Å². The highest BCUT2D eigenvalue weighted by Crippen LogP contribution is 2.21. The monoisotopic (exact) mass is 411 g/mol. The summed E-state index contributed by atoms with van der Waals surface area (Å²) in [6.45, 7) is 5.34. The molecule has 26 heavy (non-hydrogen) atoms. The fourth-order valence-electron chi connectivity index (χ4n) is 2.46. The van der Waals surface area contributed by atoms with E-state index in [1.807, 2.05) is 24.3 Å². The van der Waals surface area contributed by atoms with Crippen LogP contribution >= 0.6 is 35.6 Å². The number of unbranched alkanes of at least 4 members (excludes halogenated alkanes) is 1. The molecular formula is C18H26ClN5S2. The summed E-state index contributed by atoms with van der Waals surface area (Å²) in [6.07, 6.45) is 6.51. The molecule has 0 amide bonds. The van der Waals surface area contributed by atoms with Crippen LogP contribution in [0.1, 0.15) is 45.1 Å². The molecule has 0 aliphatic rings. The molecule has 0 spiro atoms. The van der Waals surface area contributed by atoms with Crippen molar-refractivity contribution in [2.45, 2.75) is 50.4 Å². The minimum Gasteiger partial charge on any atom is -0.361 e. The minimum atomic E-state index is 0.591. The maximum atomic E-state index is 5.92. The summed E-state index contributed by atoms with van der Waals surface area (Å²) in [4.78, 5) is 0. The number of aromatic nitrogens is 3. The number of nitrogens with zero attached hydrogens (tertiary/aromatic N) is 3. The predicted octanol–water partition coefficient (Wildman–Crippen LogP) is 4.86. The van der Waals surface area contributed by atoms with Crippen molar-refractivity contribution in [3.05, 3.63) is 41.2 Å². The van der Waals surface area contributed by atoms with Crippen LogP contribution in [0.5, 0.6) is 0 Å². The fraction of sp³-hybridized carbons (Fsp3) is 0.500. The van der Waals surface area contributed by atoms with Crippen LogP contribution in [-0.2, 0) is 5.75 Å². The Labute approximate surface area is 170 Å². The maximum absolute atomic E-state index is 5.92. The number of rotatable bonds is 10. The molecule has 1 aromatic heterocycles.